The van der Waals surface area contributed by atoms with Crippen molar-refractivity contribution < 1.29 is 13.2 Å². The van der Waals surface area contributed by atoms with Crippen LogP contribution in [0.15, 0.2) is 33.6 Å². The first-order valence-corrected chi connectivity index (χ1v) is 9.24. The van der Waals surface area contributed by atoms with Crippen LogP contribution in [0.5, 0.6) is 0 Å². The summed E-state index contributed by atoms with van der Waals surface area (Å²) in [6, 6.07) is 5.67. The molecule has 1 amide bonds. The molecule has 5 nitrogen and oxygen atoms in total. The van der Waals surface area contributed by atoms with Gasteiger partial charge in [0.25, 0.3) is 0 Å². The average molecular weight is 375 g/mol. The summed E-state index contributed by atoms with van der Waals surface area (Å²) in [7, 11) is -3.69. The third kappa shape index (κ3) is 4.52. The Morgan fingerprint density at radius 1 is 1.24 bits per heavy atom. The van der Waals surface area contributed by atoms with Gasteiger partial charge in [0.05, 0.1) is 10.9 Å². The molecule has 1 aliphatic rings. The minimum absolute atomic E-state index is 0.145. The Kier molecular flexibility index (Phi) is 5.40. The summed E-state index contributed by atoms with van der Waals surface area (Å²) in [5.74, 6) is -0.275. The first-order valence-electron chi connectivity index (χ1n) is 6.97. The van der Waals surface area contributed by atoms with Gasteiger partial charge in [-0.15, -0.1) is 0 Å². The van der Waals surface area contributed by atoms with Crippen molar-refractivity contribution in [2.75, 3.05) is 0 Å². The molecule has 1 unspecified atom stereocenters. The number of halogens is 1. The van der Waals surface area contributed by atoms with Crippen LogP contribution in [0.1, 0.15) is 32.6 Å². The molecule has 1 aliphatic carbocycles. The minimum Gasteiger partial charge on any atom is -0.352 e. The lowest BCUT2D eigenvalue weighted by molar-refractivity contribution is -0.123. The number of carbonyl (C=O) groups is 1. The Balaban J connectivity index is 1.98. The lowest BCUT2D eigenvalue weighted by Gasteiger charge is -2.17. The van der Waals surface area contributed by atoms with E-state index < -0.39 is 16.1 Å². The molecular weight excluding hydrogens is 356 g/mol. The summed E-state index contributed by atoms with van der Waals surface area (Å²) in [5.41, 5.74) is 0. The predicted octanol–water partition coefficient (Wildman–Crippen LogP) is 2.17. The van der Waals surface area contributed by atoms with E-state index in [0.717, 1.165) is 30.2 Å². The van der Waals surface area contributed by atoms with E-state index >= 15 is 0 Å². The van der Waals surface area contributed by atoms with Crippen molar-refractivity contribution in [2.45, 2.75) is 49.6 Å². The summed E-state index contributed by atoms with van der Waals surface area (Å²) in [5, 5.41) is 2.89. The van der Waals surface area contributed by atoms with Crippen LogP contribution >= 0.6 is 15.9 Å². The van der Waals surface area contributed by atoms with E-state index in [1.54, 1.807) is 19.1 Å². The molecule has 0 bridgehead atoms. The zero-order chi connectivity index (χ0) is 15.5. The van der Waals surface area contributed by atoms with Crippen molar-refractivity contribution in [1.29, 1.82) is 0 Å². The Bertz CT molecular complexity index is 595. The summed E-state index contributed by atoms with van der Waals surface area (Å²) < 4.78 is 27.6. The molecule has 0 radical (unpaired) electrons. The van der Waals surface area contributed by atoms with Crippen LogP contribution in [0.25, 0.3) is 0 Å². The standard InChI is InChI=1S/C14H19BrN2O3S/c1-10(14(18)16-12-4-2-3-5-12)17-21(19,20)13-8-6-11(15)7-9-13/h6-10,12,17H,2-5H2,1H3,(H,16,18). The summed E-state index contributed by atoms with van der Waals surface area (Å²) in [6.45, 7) is 1.56. The molecule has 1 saturated carbocycles. The molecule has 21 heavy (non-hydrogen) atoms. The van der Waals surface area contributed by atoms with Crippen LogP contribution < -0.4 is 10.0 Å². The smallest absolute Gasteiger partial charge is 0.241 e. The Morgan fingerprint density at radius 3 is 2.38 bits per heavy atom. The van der Waals surface area contributed by atoms with E-state index in [2.05, 4.69) is 26.0 Å². The molecule has 0 aromatic heterocycles. The molecule has 1 fully saturated rings. The zero-order valence-electron chi connectivity index (χ0n) is 11.8. The van der Waals surface area contributed by atoms with Crippen LogP contribution in [0.3, 0.4) is 0 Å². The Morgan fingerprint density at radius 2 is 1.81 bits per heavy atom. The van der Waals surface area contributed by atoms with Crippen LogP contribution in [-0.4, -0.2) is 26.4 Å². The molecule has 116 valence electrons. The fourth-order valence-corrected chi connectivity index (χ4v) is 3.83. The quantitative estimate of drug-likeness (QED) is 0.828. The number of nitrogens with one attached hydrogen (secondary N) is 2. The van der Waals surface area contributed by atoms with Crippen molar-refractivity contribution in [3.05, 3.63) is 28.7 Å². The summed E-state index contributed by atoms with van der Waals surface area (Å²) >= 11 is 3.26. The van der Waals surface area contributed by atoms with Gasteiger partial charge in [-0.1, -0.05) is 28.8 Å². The highest BCUT2D eigenvalue weighted by Gasteiger charge is 2.24. The van der Waals surface area contributed by atoms with Crippen molar-refractivity contribution >= 4 is 31.9 Å². The second-order valence-corrected chi connectivity index (χ2v) is 7.92. The second-order valence-electron chi connectivity index (χ2n) is 5.29. The molecular formula is C14H19BrN2O3S. The van der Waals surface area contributed by atoms with Crippen molar-refractivity contribution in [2.24, 2.45) is 0 Å². The lowest BCUT2D eigenvalue weighted by Crippen LogP contribution is -2.47. The van der Waals surface area contributed by atoms with Gasteiger partial charge in [0.2, 0.25) is 15.9 Å². The molecule has 0 saturated heterocycles. The predicted molar refractivity (Wildman–Crippen MR) is 84.3 cm³/mol. The Hall–Kier alpha value is -0.920. The molecule has 7 heteroatoms. The van der Waals surface area contributed by atoms with Gasteiger partial charge in [-0.2, -0.15) is 4.72 Å². The van der Waals surface area contributed by atoms with E-state index in [0.29, 0.717) is 0 Å². The second kappa shape index (κ2) is 6.89. The van der Waals surface area contributed by atoms with Crippen molar-refractivity contribution in [3.63, 3.8) is 0 Å². The number of carbonyl (C=O) groups excluding carboxylic acids is 1. The highest BCUT2D eigenvalue weighted by atomic mass is 79.9. The van der Waals surface area contributed by atoms with Crippen LogP contribution in [-0.2, 0) is 14.8 Å². The van der Waals surface area contributed by atoms with Gasteiger partial charge in [-0.3, -0.25) is 4.79 Å². The molecule has 1 aromatic rings. The van der Waals surface area contributed by atoms with Crippen LogP contribution in [0.4, 0.5) is 0 Å². The average Bonchev–Trinajstić information content (AvgIpc) is 2.91. The van der Waals surface area contributed by atoms with Gasteiger partial charge in [-0.05, 0) is 44.0 Å². The highest BCUT2D eigenvalue weighted by molar-refractivity contribution is 9.10. The van der Waals surface area contributed by atoms with E-state index in [9.17, 15) is 13.2 Å². The topological polar surface area (TPSA) is 75.3 Å². The van der Waals surface area contributed by atoms with Crippen LogP contribution in [0.2, 0.25) is 0 Å². The molecule has 0 aliphatic heterocycles. The van der Waals surface area contributed by atoms with Gasteiger partial charge >= 0.3 is 0 Å². The first kappa shape index (κ1) is 16.5. The highest BCUT2D eigenvalue weighted by Crippen LogP contribution is 2.18. The van der Waals surface area contributed by atoms with E-state index in [4.69, 9.17) is 0 Å². The molecule has 0 spiro atoms. The zero-order valence-corrected chi connectivity index (χ0v) is 14.2. The SMILES string of the molecule is CC(NS(=O)(=O)c1ccc(Br)cc1)C(=O)NC1CCCC1. The van der Waals surface area contributed by atoms with Gasteiger partial charge in [-0.25, -0.2) is 8.42 Å². The maximum absolute atomic E-state index is 12.2. The van der Waals surface area contributed by atoms with Crippen LogP contribution in [0, 0.1) is 0 Å². The van der Waals surface area contributed by atoms with Gasteiger partial charge < -0.3 is 5.32 Å². The number of hydrogen-bond acceptors (Lipinski definition) is 3. The first-order chi connectivity index (χ1) is 9.88. The minimum atomic E-state index is -3.69. The number of amides is 1. The third-order valence-corrected chi connectivity index (χ3v) is 5.64. The number of hydrogen-bond donors (Lipinski definition) is 2. The number of sulfonamides is 1. The normalized spacial score (nSPS) is 17.6. The molecule has 0 heterocycles. The number of benzene rings is 1. The Labute approximate surface area is 133 Å². The largest absolute Gasteiger partial charge is 0.352 e. The van der Waals surface area contributed by atoms with E-state index in [1.807, 2.05) is 0 Å². The summed E-state index contributed by atoms with van der Waals surface area (Å²) in [6.07, 6.45) is 4.17. The van der Waals surface area contributed by atoms with Gasteiger partial charge in [0.15, 0.2) is 0 Å². The molecule has 1 aromatic carbocycles. The van der Waals surface area contributed by atoms with Crippen molar-refractivity contribution in [1.82, 2.24) is 10.0 Å². The van der Waals surface area contributed by atoms with Crippen molar-refractivity contribution in [3.8, 4) is 0 Å². The maximum Gasteiger partial charge on any atom is 0.241 e. The van der Waals surface area contributed by atoms with E-state index in [1.165, 1.54) is 12.1 Å². The van der Waals surface area contributed by atoms with Gasteiger partial charge in [0, 0.05) is 10.5 Å². The summed E-state index contributed by atoms with van der Waals surface area (Å²) in [4.78, 5) is 12.2. The monoisotopic (exact) mass is 374 g/mol. The number of rotatable bonds is 5. The molecule has 2 N–H and O–H groups in total. The fourth-order valence-electron chi connectivity index (χ4n) is 2.36. The lowest BCUT2D eigenvalue weighted by atomic mass is 10.2. The molecule has 1 atom stereocenters. The van der Waals surface area contributed by atoms with Gasteiger partial charge in [0.1, 0.15) is 0 Å². The molecule has 2 rings (SSSR count). The fraction of sp³-hybridized carbons (Fsp3) is 0.500. The third-order valence-electron chi connectivity index (χ3n) is 3.55. The van der Waals surface area contributed by atoms with E-state index in [-0.39, 0.29) is 16.8 Å². The maximum atomic E-state index is 12.2.